The summed E-state index contributed by atoms with van der Waals surface area (Å²) in [6, 6.07) is 11.5. The molecule has 0 spiro atoms. The molecule has 1 unspecified atom stereocenters. The first-order valence-electron chi connectivity index (χ1n) is 10.1. The summed E-state index contributed by atoms with van der Waals surface area (Å²) in [6.07, 6.45) is 3.81. The highest BCUT2D eigenvalue weighted by molar-refractivity contribution is 8.00. The molecule has 2 aromatic carbocycles. The van der Waals surface area contributed by atoms with Crippen LogP contribution < -0.4 is 10.9 Å². The minimum atomic E-state index is -0.415. The molecule has 0 bridgehead atoms. The van der Waals surface area contributed by atoms with E-state index in [-0.39, 0.29) is 22.9 Å². The van der Waals surface area contributed by atoms with Crippen molar-refractivity contribution in [2.45, 2.75) is 37.6 Å². The maximum atomic E-state index is 13.2. The van der Waals surface area contributed by atoms with Gasteiger partial charge in [0.05, 0.1) is 5.25 Å². The fourth-order valence-electron chi connectivity index (χ4n) is 3.28. The van der Waals surface area contributed by atoms with Gasteiger partial charge in [0.25, 0.3) is 0 Å². The summed E-state index contributed by atoms with van der Waals surface area (Å²) in [5.41, 5.74) is 3.10. The Hall–Kier alpha value is -3.46. The molecule has 32 heavy (non-hydrogen) atoms. The monoisotopic (exact) mass is 451 g/mol. The zero-order valence-corrected chi connectivity index (χ0v) is 18.7. The van der Waals surface area contributed by atoms with E-state index in [0.717, 1.165) is 16.8 Å². The second-order valence-electron chi connectivity index (χ2n) is 7.45. The third kappa shape index (κ3) is 4.29. The first kappa shape index (κ1) is 21.8. The van der Waals surface area contributed by atoms with Crippen molar-refractivity contribution in [1.82, 2.24) is 19.2 Å². The molecule has 9 heteroatoms. The number of aryl methyl sites for hydroxylation is 2. The number of carbonyl (C=O) groups excluding carboxylic acids is 1. The minimum absolute atomic E-state index is 0.129. The van der Waals surface area contributed by atoms with Crippen LogP contribution in [0, 0.1) is 19.7 Å². The van der Waals surface area contributed by atoms with Crippen LogP contribution >= 0.6 is 11.8 Å². The summed E-state index contributed by atoms with van der Waals surface area (Å²) in [5, 5.41) is 11.2. The van der Waals surface area contributed by atoms with Gasteiger partial charge in [0, 0.05) is 23.8 Å². The second-order valence-corrected chi connectivity index (χ2v) is 8.62. The van der Waals surface area contributed by atoms with Crippen LogP contribution in [0.15, 0.2) is 64.8 Å². The second kappa shape index (κ2) is 8.96. The van der Waals surface area contributed by atoms with Crippen LogP contribution in [0.25, 0.3) is 11.3 Å². The zero-order chi connectivity index (χ0) is 22.8. The number of anilines is 1. The predicted molar refractivity (Wildman–Crippen MR) is 123 cm³/mol. The Morgan fingerprint density at radius 1 is 1.12 bits per heavy atom. The lowest BCUT2D eigenvalue weighted by atomic mass is 10.1. The molecule has 0 saturated carbocycles. The fourth-order valence-corrected chi connectivity index (χ4v) is 4.22. The van der Waals surface area contributed by atoms with Crippen molar-refractivity contribution < 1.29 is 9.18 Å². The number of hydrogen-bond acceptors (Lipinski definition) is 5. The van der Waals surface area contributed by atoms with E-state index >= 15 is 0 Å². The molecular formula is C23H22FN5O2S. The van der Waals surface area contributed by atoms with Crippen molar-refractivity contribution in [2.24, 2.45) is 0 Å². The Morgan fingerprint density at radius 2 is 1.88 bits per heavy atom. The van der Waals surface area contributed by atoms with Crippen molar-refractivity contribution in [3.8, 4) is 5.69 Å². The molecule has 4 aromatic rings. The van der Waals surface area contributed by atoms with Crippen molar-refractivity contribution in [3.63, 3.8) is 0 Å². The van der Waals surface area contributed by atoms with Crippen molar-refractivity contribution in [3.05, 3.63) is 82.2 Å². The molecule has 0 radical (unpaired) electrons. The van der Waals surface area contributed by atoms with E-state index in [2.05, 4.69) is 15.5 Å². The molecule has 4 rings (SSSR count). The number of nitrogens with one attached hydrogen (secondary N) is 1. The van der Waals surface area contributed by atoms with Crippen LogP contribution in [-0.4, -0.2) is 30.3 Å². The third-order valence-electron chi connectivity index (χ3n) is 5.11. The molecule has 164 valence electrons. The molecule has 2 heterocycles. The number of halogens is 1. The van der Waals surface area contributed by atoms with Crippen LogP contribution in [0.2, 0.25) is 0 Å². The lowest BCUT2D eigenvalue weighted by molar-refractivity contribution is -0.115. The van der Waals surface area contributed by atoms with Crippen LogP contribution in [0.1, 0.15) is 24.5 Å². The van der Waals surface area contributed by atoms with Gasteiger partial charge in [-0.1, -0.05) is 30.8 Å². The van der Waals surface area contributed by atoms with Gasteiger partial charge < -0.3 is 5.32 Å². The van der Waals surface area contributed by atoms with Crippen LogP contribution in [0.3, 0.4) is 0 Å². The van der Waals surface area contributed by atoms with Gasteiger partial charge in [-0.25, -0.2) is 4.39 Å². The number of amides is 1. The van der Waals surface area contributed by atoms with Gasteiger partial charge in [-0.2, -0.15) is 0 Å². The number of hydrogen-bond donors (Lipinski definition) is 1. The highest BCUT2D eigenvalue weighted by Crippen LogP contribution is 2.26. The maximum absolute atomic E-state index is 13.2. The average Bonchev–Trinajstić information content (AvgIpc) is 3.19. The Kier molecular flexibility index (Phi) is 6.09. The molecular weight excluding hydrogens is 429 g/mol. The molecule has 0 fully saturated rings. The smallest absolute Gasteiger partial charge is 0.300 e. The standard InChI is InChI=1S/C23H22FN5O2S/c1-4-19(21(30)25-18-13-14(2)5-6-15(18)3)32-23-27-26-20-22(31)28(11-12-29(20)23)17-9-7-16(24)8-10-17/h5-13,19H,4H2,1-3H3,(H,25,30). The number of thioether (sulfide) groups is 1. The van der Waals surface area contributed by atoms with Crippen LogP contribution in [0.5, 0.6) is 0 Å². The van der Waals surface area contributed by atoms with E-state index in [4.69, 9.17) is 0 Å². The molecule has 2 aromatic heterocycles. The first-order chi connectivity index (χ1) is 15.4. The third-order valence-corrected chi connectivity index (χ3v) is 6.43. The molecule has 1 N–H and O–H groups in total. The van der Waals surface area contributed by atoms with Crippen molar-refractivity contribution in [2.75, 3.05) is 5.32 Å². The molecule has 0 aliphatic heterocycles. The van der Waals surface area contributed by atoms with E-state index < -0.39 is 5.25 Å². The SMILES string of the molecule is CCC(Sc1nnc2c(=O)n(-c3ccc(F)cc3)ccn12)C(=O)Nc1cc(C)ccc1C. The Labute approximate surface area is 188 Å². The topological polar surface area (TPSA) is 81.3 Å². The van der Waals surface area contributed by atoms with Crippen molar-refractivity contribution >= 4 is 29.0 Å². The number of rotatable bonds is 6. The summed E-state index contributed by atoms with van der Waals surface area (Å²) in [6.45, 7) is 5.84. The molecule has 1 amide bonds. The van der Waals surface area contributed by atoms with Gasteiger partial charge in [0.2, 0.25) is 11.6 Å². The molecule has 0 saturated heterocycles. The van der Waals surface area contributed by atoms with Crippen LogP contribution in [0.4, 0.5) is 10.1 Å². The normalized spacial score (nSPS) is 12.1. The van der Waals surface area contributed by atoms with Crippen LogP contribution in [-0.2, 0) is 4.79 Å². The minimum Gasteiger partial charge on any atom is -0.325 e. The maximum Gasteiger partial charge on any atom is 0.300 e. The van der Waals surface area contributed by atoms with E-state index in [1.54, 1.807) is 16.8 Å². The quantitative estimate of drug-likeness (QED) is 0.446. The summed E-state index contributed by atoms with van der Waals surface area (Å²) < 4.78 is 16.2. The Bertz CT molecular complexity index is 1350. The Morgan fingerprint density at radius 3 is 2.59 bits per heavy atom. The van der Waals surface area contributed by atoms with Gasteiger partial charge in [-0.15, -0.1) is 10.2 Å². The van der Waals surface area contributed by atoms with E-state index in [9.17, 15) is 14.0 Å². The zero-order valence-electron chi connectivity index (χ0n) is 17.9. The molecule has 1 atom stereocenters. The Balaban J connectivity index is 1.59. The van der Waals surface area contributed by atoms with Gasteiger partial charge in [-0.05, 0) is 61.7 Å². The summed E-state index contributed by atoms with van der Waals surface area (Å²) >= 11 is 1.25. The number of carbonyl (C=O) groups is 1. The molecule has 7 nitrogen and oxygen atoms in total. The van der Waals surface area contributed by atoms with Gasteiger partial charge in [-0.3, -0.25) is 18.6 Å². The van der Waals surface area contributed by atoms with Crippen molar-refractivity contribution in [1.29, 1.82) is 0 Å². The lowest BCUT2D eigenvalue weighted by Crippen LogP contribution is -2.25. The lowest BCUT2D eigenvalue weighted by Gasteiger charge is -2.15. The summed E-state index contributed by atoms with van der Waals surface area (Å²) in [5.74, 6) is -0.517. The van der Waals surface area contributed by atoms with E-state index in [0.29, 0.717) is 17.3 Å². The largest absolute Gasteiger partial charge is 0.325 e. The predicted octanol–water partition coefficient (Wildman–Crippen LogP) is 4.15. The highest BCUT2D eigenvalue weighted by atomic mass is 32.2. The number of benzene rings is 2. The summed E-state index contributed by atoms with van der Waals surface area (Å²) in [7, 11) is 0. The van der Waals surface area contributed by atoms with Gasteiger partial charge in [0.1, 0.15) is 5.82 Å². The molecule has 0 aliphatic rings. The summed E-state index contributed by atoms with van der Waals surface area (Å²) in [4.78, 5) is 25.8. The fraction of sp³-hybridized carbons (Fsp3) is 0.217. The van der Waals surface area contributed by atoms with E-state index in [1.807, 2.05) is 39.0 Å². The van der Waals surface area contributed by atoms with E-state index in [1.165, 1.54) is 40.6 Å². The number of nitrogens with zero attached hydrogens (tertiary/aromatic N) is 4. The average molecular weight is 452 g/mol. The van der Waals surface area contributed by atoms with Gasteiger partial charge >= 0.3 is 5.56 Å². The number of aromatic nitrogens is 4. The highest BCUT2D eigenvalue weighted by Gasteiger charge is 2.22. The van der Waals surface area contributed by atoms with Gasteiger partial charge in [0.15, 0.2) is 5.16 Å². The molecule has 0 aliphatic carbocycles. The number of fused-ring (bicyclic) bond motifs is 1. The first-order valence-corrected chi connectivity index (χ1v) is 11.0.